The predicted octanol–water partition coefficient (Wildman–Crippen LogP) is 0.164. The number of thiazole rings is 2. The maximum Gasteiger partial charge on any atom is 0.184 e. The third-order valence-electron chi connectivity index (χ3n) is 2.35. The zero-order valence-electron chi connectivity index (χ0n) is 9.80. The van der Waals surface area contributed by atoms with Crippen molar-refractivity contribution in [3.05, 3.63) is 23.2 Å². The van der Waals surface area contributed by atoms with E-state index in [1.54, 1.807) is 23.2 Å². The van der Waals surface area contributed by atoms with E-state index in [9.17, 15) is 10.2 Å². The van der Waals surface area contributed by atoms with Gasteiger partial charge >= 0.3 is 0 Å². The Morgan fingerprint density at radius 2 is 1.58 bits per heavy atom. The Bertz CT molecular complexity index is 429. The van der Waals surface area contributed by atoms with Crippen LogP contribution >= 0.6 is 22.7 Å². The van der Waals surface area contributed by atoms with Crippen molar-refractivity contribution in [3.8, 4) is 0 Å². The van der Waals surface area contributed by atoms with Gasteiger partial charge in [0.05, 0.1) is 6.61 Å². The van der Waals surface area contributed by atoms with Crippen LogP contribution in [0.3, 0.4) is 0 Å². The van der Waals surface area contributed by atoms with E-state index in [4.69, 9.17) is 5.11 Å². The van der Waals surface area contributed by atoms with Crippen molar-refractivity contribution in [1.29, 1.82) is 0 Å². The summed E-state index contributed by atoms with van der Waals surface area (Å²) >= 11 is 2.73. The highest BCUT2D eigenvalue weighted by molar-refractivity contribution is 7.14. The highest BCUT2D eigenvalue weighted by Gasteiger charge is 2.27. The SMILES string of the molecule is OC[C@@H](O)[C@@H](O)C(Nc1nccs1)Nc1nccs1. The van der Waals surface area contributed by atoms with Crippen molar-refractivity contribution in [1.82, 2.24) is 9.97 Å². The number of nitrogens with one attached hydrogen (secondary N) is 2. The van der Waals surface area contributed by atoms with Gasteiger partial charge in [-0.2, -0.15) is 0 Å². The summed E-state index contributed by atoms with van der Waals surface area (Å²) < 4.78 is 0. The molecule has 2 aromatic rings. The number of hydrogen-bond acceptors (Lipinski definition) is 9. The Hall–Kier alpha value is -1.26. The highest BCUT2D eigenvalue weighted by Crippen LogP contribution is 2.18. The summed E-state index contributed by atoms with van der Waals surface area (Å²) in [6.07, 6.45) is 0.0760. The molecule has 0 saturated carbocycles. The maximum atomic E-state index is 9.99. The molecule has 0 saturated heterocycles. The second kappa shape index (κ2) is 6.78. The van der Waals surface area contributed by atoms with Gasteiger partial charge in [0.2, 0.25) is 0 Å². The van der Waals surface area contributed by atoms with Crippen molar-refractivity contribution in [2.75, 3.05) is 17.2 Å². The van der Waals surface area contributed by atoms with Gasteiger partial charge in [-0.05, 0) is 0 Å². The van der Waals surface area contributed by atoms with Gasteiger partial charge in [0, 0.05) is 23.2 Å². The van der Waals surface area contributed by atoms with Crippen LogP contribution in [0, 0.1) is 0 Å². The molecular formula is C10H14N4O3S2. The summed E-state index contributed by atoms with van der Waals surface area (Å²) in [5, 5.41) is 39.1. The topological polar surface area (TPSA) is 111 Å². The van der Waals surface area contributed by atoms with E-state index in [-0.39, 0.29) is 0 Å². The maximum absolute atomic E-state index is 9.99. The number of hydrogen-bond donors (Lipinski definition) is 5. The van der Waals surface area contributed by atoms with Gasteiger partial charge < -0.3 is 26.0 Å². The molecule has 0 amide bonds. The summed E-state index contributed by atoms with van der Waals surface area (Å²) in [6, 6.07) is 0. The van der Waals surface area contributed by atoms with E-state index in [2.05, 4.69) is 20.6 Å². The third kappa shape index (κ3) is 3.85. The fourth-order valence-corrected chi connectivity index (χ4v) is 2.53. The number of anilines is 2. The summed E-state index contributed by atoms with van der Waals surface area (Å²) in [5.74, 6) is 0. The first-order valence-corrected chi connectivity index (χ1v) is 7.25. The molecule has 2 aromatic heterocycles. The molecule has 5 N–H and O–H groups in total. The smallest absolute Gasteiger partial charge is 0.184 e. The molecule has 2 rings (SSSR count). The lowest BCUT2D eigenvalue weighted by Gasteiger charge is -2.27. The Morgan fingerprint density at radius 3 is 1.95 bits per heavy atom. The van der Waals surface area contributed by atoms with Crippen molar-refractivity contribution >= 4 is 32.9 Å². The quantitative estimate of drug-likeness (QED) is 0.463. The van der Waals surface area contributed by atoms with E-state index in [1.807, 2.05) is 0 Å². The molecule has 19 heavy (non-hydrogen) atoms. The van der Waals surface area contributed by atoms with Crippen LogP contribution in [0.15, 0.2) is 23.2 Å². The molecule has 104 valence electrons. The molecule has 2 heterocycles. The van der Waals surface area contributed by atoms with Crippen LogP contribution in [0.4, 0.5) is 10.3 Å². The van der Waals surface area contributed by atoms with E-state index in [1.165, 1.54) is 22.7 Å². The van der Waals surface area contributed by atoms with E-state index in [0.717, 1.165) is 0 Å². The highest BCUT2D eigenvalue weighted by atomic mass is 32.1. The lowest BCUT2D eigenvalue weighted by atomic mass is 10.1. The molecule has 0 spiro atoms. The van der Waals surface area contributed by atoms with Crippen molar-refractivity contribution in [2.24, 2.45) is 0 Å². The van der Waals surface area contributed by atoms with Gasteiger partial charge in [-0.15, -0.1) is 22.7 Å². The molecule has 0 unspecified atom stereocenters. The fraction of sp³-hybridized carbons (Fsp3) is 0.400. The van der Waals surface area contributed by atoms with Gasteiger partial charge in [0.1, 0.15) is 18.4 Å². The number of rotatable bonds is 7. The van der Waals surface area contributed by atoms with Crippen LogP contribution in [-0.2, 0) is 0 Å². The van der Waals surface area contributed by atoms with Crippen molar-refractivity contribution in [2.45, 2.75) is 18.4 Å². The van der Waals surface area contributed by atoms with Gasteiger partial charge in [0.15, 0.2) is 10.3 Å². The molecule has 9 heteroatoms. The summed E-state index contributed by atoms with van der Waals surface area (Å²) in [4.78, 5) is 8.10. The number of aliphatic hydroxyl groups excluding tert-OH is 3. The molecule has 7 nitrogen and oxygen atoms in total. The summed E-state index contributed by atoms with van der Waals surface area (Å²) in [6.45, 7) is -0.531. The minimum absolute atomic E-state index is 0.531. The zero-order chi connectivity index (χ0) is 13.7. The summed E-state index contributed by atoms with van der Waals surface area (Å²) in [7, 11) is 0. The molecule has 0 aliphatic carbocycles. The summed E-state index contributed by atoms with van der Waals surface area (Å²) in [5.41, 5.74) is 0. The van der Waals surface area contributed by atoms with Crippen molar-refractivity contribution in [3.63, 3.8) is 0 Å². The standard InChI is InChI=1S/C10H14N4O3S2/c15-5-6(16)7(17)8(13-9-11-1-3-18-9)14-10-12-2-4-19-10/h1-4,6-8,15-17H,5H2,(H,11,13)(H,12,14)/t6-,7-/m1/s1. The van der Waals surface area contributed by atoms with Gasteiger partial charge in [0.25, 0.3) is 0 Å². The average molecular weight is 302 g/mol. The molecule has 2 atom stereocenters. The first-order valence-electron chi connectivity index (χ1n) is 5.49. The first kappa shape index (κ1) is 14.2. The molecule has 0 aliphatic rings. The predicted molar refractivity (Wildman–Crippen MR) is 74.4 cm³/mol. The van der Waals surface area contributed by atoms with E-state index < -0.39 is 25.0 Å². The Kier molecular flexibility index (Phi) is 5.05. The van der Waals surface area contributed by atoms with Gasteiger partial charge in [-0.1, -0.05) is 0 Å². The second-order valence-electron chi connectivity index (χ2n) is 3.68. The molecule has 0 aliphatic heterocycles. The van der Waals surface area contributed by atoms with Gasteiger partial charge in [-0.25, -0.2) is 9.97 Å². The Morgan fingerprint density at radius 1 is 1.05 bits per heavy atom. The second-order valence-corrected chi connectivity index (χ2v) is 5.47. The zero-order valence-corrected chi connectivity index (χ0v) is 11.4. The largest absolute Gasteiger partial charge is 0.394 e. The van der Waals surface area contributed by atoms with Crippen LogP contribution in [0.5, 0.6) is 0 Å². The van der Waals surface area contributed by atoms with Gasteiger partial charge in [-0.3, -0.25) is 0 Å². The Balaban J connectivity index is 2.08. The lowest BCUT2D eigenvalue weighted by molar-refractivity contribution is -0.0188. The minimum atomic E-state index is -1.26. The lowest BCUT2D eigenvalue weighted by Crippen LogP contribution is -2.48. The molecule has 0 aromatic carbocycles. The number of aliphatic hydroxyl groups is 3. The van der Waals surface area contributed by atoms with Crippen LogP contribution < -0.4 is 10.6 Å². The third-order valence-corrected chi connectivity index (χ3v) is 3.75. The number of aromatic nitrogens is 2. The minimum Gasteiger partial charge on any atom is -0.394 e. The molecule has 0 radical (unpaired) electrons. The monoisotopic (exact) mass is 302 g/mol. The van der Waals surface area contributed by atoms with E-state index in [0.29, 0.717) is 10.3 Å². The molecular weight excluding hydrogens is 288 g/mol. The number of nitrogens with zero attached hydrogens (tertiary/aromatic N) is 2. The van der Waals surface area contributed by atoms with Crippen LogP contribution in [0.25, 0.3) is 0 Å². The van der Waals surface area contributed by atoms with Crippen LogP contribution in [0.1, 0.15) is 0 Å². The first-order chi connectivity index (χ1) is 9.20. The molecule has 0 bridgehead atoms. The van der Waals surface area contributed by atoms with Crippen LogP contribution in [0.2, 0.25) is 0 Å². The normalized spacial score (nSPS) is 14.3. The fourth-order valence-electron chi connectivity index (χ4n) is 1.39. The molecule has 0 fully saturated rings. The average Bonchev–Trinajstić information content (AvgIpc) is 3.09. The van der Waals surface area contributed by atoms with E-state index >= 15 is 0 Å². The Labute approximate surface area is 117 Å². The van der Waals surface area contributed by atoms with Crippen molar-refractivity contribution < 1.29 is 15.3 Å². The van der Waals surface area contributed by atoms with Crippen LogP contribution in [-0.4, -0.2) is 50.3 Å².